The zero-order chi connectivity index (χ0) is 19.1. The lowest BCUT2D eigenvalue weighted by Gasteiger charge is -2.61. The maximum atomic E-state index is 7.30. The quantitative estimate of drug-likeness (QED) is 0.447. The van der Waals surface area contributed by atoms with Crippen molar-refractivity contribution in [3.05, 3.63) is 97.1 Å². The van der Waals surface area contributed by atoms with Crippen molar-refractivity contribution < 1.29 is 4.43 Å². The van der Waals surface area contributed by atoms with Crippen molar-refractivity contribution >= 4 is 15.4 Å². The smallest absolute Gasteiger partial charge is 0.175 e. The Kier molecular flexibility index (Phi) is 4.76. The Hall–Kier alpha value is -1.69. The molecule has 3 heteroatoms. The Morgan fingerprint density at radius 1 is 0.808 bits per heavy atom. The monoisotopic (exact) mass is 378 g/mol. The summed E-state index contributed by atoms with van der Waals surface area (Å²) >= 11 is 0. The molecule has 0 saturated carbocycles. The second kappa shape index (κ2) is 6.48. The molecule has 2 aromatic carbocycles. The molecule has 0 radical (unpaired) electrons. The molecule has 1 fully saturated rings. The summed E-state index contributed by atoms with van der Waals surface area (Å²) < 4.78 is 7.30. The van der Waals surface area contributed by atoms with Crippen LogP contribution in [0.25, 0.3) is 0 Å². The molecule has 136 valence electrons. The maximum absolute atomic E-state index is 7.30. The zero-order valence-electron chi connectivity index (χ0n) is 16.5. The molecule has 3 rings (SSSR count). The molecule has 0 atom stereocenters. The lowest BCUT2D eigenvalue weighted by atomic mass is 9.66. The summed E-state index contributed by atoms with van der Waals surface area (Å²) in [4.78, 5) is 0. The topological polar surface area (TPSA) is 9.23 Å². The van der Waals surface area contributed by atoms with E-state index in [1.165, 1.54) is 11.1 Å². The molecule has 1 saturated heterocycles. The molecule has 0 aliphatic carbocycles. The van der Waals surface area contributed by atoms with E-state index < -0.39 is 21.0 Å². The number of hydrogen-bond acceptors (Lipinski definition) is 1. The van der Waals surface area contributed by atoms with Gasteiger partial charge in [0.1, 0.15) is 5.60 Å². The average molecular weight is 379 g/mol. The van der Waals surface area contributed by atoms with Gasteiger partial charge in [0, 0.05) is 5.41 Å². The van der Waals surface area contributed by atoms with Crippen LogP contribution in [0, 0.1) is 5.41 Å². The Labute approximate surface area is 160 Å². The van der Waals surface area contributed by atoms with E-state index in [-0.39, 0.29) is 5.41 Å². The third-order valence-electron chi connectivity index (χ3n) is 6.52. The van der Waals surface area contributed by atoms with Crippen LogP contribution in [0.5, 0.6) is 0 Å². The van der Waals surface area contributed by atoms with Gasteiger partial charge in [-0.2, -0.15) is 0 Å². The molecule has 1 nitrogen and oxygen atoms in total. The third kappa shape index (κ3) is 2.61. The number of rotatable bonds is 4. The Bertz CT molecular complexity index is 746. The average Bonchev–Trinajstić information content (AvgIpc) is 2.65. The minimum Gasteiger partial charge on any atom is -0.405 e. The molecule has 0 spiro atoms. The largest absolute Gasteiger partial charge is 0.405 e. The van der Waals surface area contributed by atoms with Gasteiger partial charge < -0.3 is 4.43 Å². The van der Waals surface area contributed by atoms with E-state index in [4.69, 9.17) is 4.43 Å². The Balaban J connectivity index is 2.40. The van der Waals surface area contributed by atoms with E-state index in [0.717, 1.165) is 6.04 Å². The predicted octanol–water partition coefficient (Wildman–Crippen LogP) is 6.31. The molecule has 26 heavy (non-hydrogen) atoms. The number of benzene rings is 2. The van der Waals surface area contributed by atoms with E-state index in [2.05, 4.69) is 112 Å². The van der Waals surface area contributed by atoms with Crippen molar-refractivity contribution in [2.45, 2.75) is 37.8 Å². The van der Waals surface area contributed by atoms with Crippen molar-refractivity contribution in [1.82, 2.24) is 0 Å². The van der Waals surface area contributed by atoms with Crippen LogP contribution in [0.3, 0.4) is 0 Å². The van der Waals surface area contributed by atoms with Crippen LogP contribution in [0.1, 0.15) is 11.1 Å². The fourth-order valence-corrected chi connectivity index (χ4v) is 11.7. The van der Waals surface area contributed by atoms with E-state index in [0.29, 0.717) is 0 Å². The molecule has 1 aliphatic rings. The lowest BCUT2D eigenvalue weighted by molar-refractivity contribution is 0.0198. The van der Waals surface area contributed by atoms with Gasteiger partial charge >= 0.3 is 0 Å². The van der Waals surface area contributed by atoms with Crippen LogP contribution in [0.4, 0.5) is 0 Å². The molecule has 0 bridgehead atoms. The summed E-state index contributed by atoms with van der Waals surface area (Å²) in [6, 6.07) is 22.4. The highest BCUT2D eigenvalue weighted by Crippen LogP contribution is 2.59. The lowest BCUT2D eigenvalue weighted by Crippen LogP contribution is -2.70. The van der Waals surface area contributed by atoms with Gasteiger partial charge in [-0.15, -0.1) is 13.2 Å². The van der Waals surface area contributed by atoms with Gasteiger partial charge in [-0.05, 0) is 30.3 Å². The second-order valence-corrected chi connectivity index (χ2v) is 23.6. The summed E-state index contributed by atoms with van der Waals surface area (Å²) in [5, 5.41) is 0. The van der Waals surface area contributed by atoms with Crippen LogP contribution >= 0.6 is 0 Å². The van der Waals surface area contributed by atoms with Crippen LogP contribution in [-0.2, 0) is 10.0 Å². The van der Waals surface area contributed by atoms with Gasteiger partial charge in [0.2, 0.25) is 0 Å². The molecule has 1 aliphatic heterocycles. The van der Waals surface area contributed by atoms with Crippen LogP contribution in [0.15, 0.2) is 86.0 Å². The molecule has 2 aromatic rings. The highest BCUT2D eigenvalue weighted by Gasteiger charge is 2.64. The summed E-state index contributed by atoms with van der Waals surface area (Å²) in [6.07, 6.45) is 4.19. The molecular formula is C23H30OSi2. The van der Waals surface area contributed by atoms with Crippen LogP contribution < -0.4 is 0 Å². The fourth-order valence-electron chi connectivity index (χ4n) is 4.37. The fraction of sp³-hybridized carbons (Fsp3) is 0.304. The first-order chi connectivity index (χ1) is 12.2. The van der Waals surface area contributed by atoms with Gasteiger partial charge in [0.05, 0.1) is 7.59 Å². The van der Waals surface area contributed by atoms with Gasteiger partial charge in [0.15, 0.2) is 7.83 Å². The van der Waals surface area contributed by atoms with Gasteiger partial charge in [-0.25, -0.2) is 0 Å². The molecule has 0 N–H and O–H groups in total. The SMILES string of the molecule is C=CC1(C=C)C[Si](C)(C)[Si](C)(C)OC1(c1ccccc1)c1ccccc1. The van der Waals surface area contributed by atoms with E-state index in [1.807, 2.05) is 0 Å². The minimum absolute atomic E-state index is 0.325. The van der Waals surface area contributed by atoms with Gasteiger partial charge in [0.25, 0.3) is 0 Å². The van der Waals surface area contributed by atoms with E-state index in [9.17, 15) is 0 Å². The first kappa shape index (κ1) is 19.1. The number of hydrogen-bond donors (Lipinski definition) is 0. The van der Waals surface area contributed by atoms with Crippen molar-refractivity contribution in [2.75, 3.05) is 0 Å². The predicted molar refractivity (Wildman–Crippen MR) is 117 cm³/mol. The molecular weight excluding hydrogens is 348 g/mol. The van der Waals surface area contributed by atoms with Crippen molar-refractivity contribution in [2.24, 2.45) is 5.41 Å². The first-order valence-electron chi connectivity index (χ1n) is 9.33. The first-order valence-corrected chi connectivity index (χ1v) is 16.4. The molecule has 0 amide bonds. The Morgan fingerprint density at radius 3 is 1.62 bits per heavy atom. The summed E-state index contributed by atoms with van der Waals surface area (Å²) in [7, 11) is -3.47. The van der Waals surface area contributed by atoms with E-state index in [1.54, 1.807) is 0 Å². The van der Waals surface area contributed by atoms with Crippen LogP contribution in [0.2, 0.25) is 32.2 Å². The van der Waals surface area contributed by atoms with Gasteiger partial charge in [-0.1, -0.05) is 85.9 Å². The van der Waals surface area contributed by atoms with Crippen molar-refractivity contribution in [3.63, 3.8) is 0 Å². The Morgan fingerprint density at radius 2 is 1.23 bits per heavy atom. The van der Waals surface area contributed by atoms with E-state index >= 15 is 0 Å². The second-order valence-electron chi connectivity index (χ2n) is 8.53. The zero-order valence-corrected chi connectivity index (χ0v) is 18.5. The summed E-state index contributed by atoms with van der Waals surface area (Å²) in [6.45, 7) is 18.3. The minimum atomic E-state index is -1.90. The summed E-state index contributed by atoms with van der Waals surface area (Å²) in [5.74, 6) is 0. The van der Waals surface area contributed by atoms with Crippen molar-refractivity contribution in [3.8, 4) is 0 Å². The molecule has 0 aromatic heterocycles. The van der Waals surface area contributed by atoms with Crippen LogP contribution in [-0.4, -0.2) is 15.4 Å². The standard InChI is InChI=1S/C23H30OSi2/c1-7-22(8-2)19-25(3,4)26(5,6)24-23(22,20-15-11-9-12-16-20)21-17-13-10-14-18-21/h7-18H,1-2,19H2,3-6H3. The van der Waals surface area contributed by atoms with Gasteiger partial charge in [-0.3, -0.25) is 0 Å². The normalized spacial score (nSPS) is 22.3. The highest BCUT2D eigenvalue weighted by molar-refractivity contribution is 7.38. The molecule has 1 heterocycles. The van der Waals surface area contributed by atoms with Crippen molar-refractivity contribution in [1.29, 1.82) is 0 Å². The molecule has 0 unspecified atom stereocenters. The summed E-state index contributed by atoms with van der Waals surface area (Å²) in [5.41, 5.74) is 1.48. The third-order valence-corrected chi connectivity index (χ3v) is 22.7. The highest BCUT2D eigenvalue weighted by atomic mass is 29.3. The maximum Gasteiger partial charge on any atom is 0.175 e.